The van der Waals surface area contributed by atoms with Crippen molar-refractivity contribution in [2.24, 2.45) is 0 Å². The fraction of sp³-hybridized carbons (Fsp3) is 1.00. The van der Waals surface area contributed by atoms with Gasteiger partial charge in [0.2, 0.25) is 0 Å². The smallest absolute Gasteiger partial charge is 0.851 e. The van der Waals surface area contributed by atoms with E-state index in [4.69, 9.17) is 0 Å². The Hall–Kier alpha value is 0.599. The summed E-state index contributed by atoms with van der Waals surface area (Å²) in [5.41, 5.74) is 0. The zero-order valence-electron chi connectivity index (χ0n) is 25.1. The van der Waals surface area contributed by atoms with E-state index in [0.29, 0.717) is 39.3 Å². The van der Waals surface area contributed by atoms with Crippen molar-refractivity contribution in [2.75, 3.05) is 118 Å². The van der Waals surface area contributed by atoms with E-state index in [-0.39, 0.29) is 34.1 Å². The molecule has 0 spiro atoms. The van der Waals surface area contributed by atoms with Crippen LogP contribution in [0.3, 0.4) is 0 Å². The van der Waals surface area contributed by atoms with Crippen molar-refractivity contribution >= 4 is 0 Å². The molecule has 0 unspecified atom stereocenters. The molecule has 11 nitrogen and oxygen atoms in total. The molecule has 2 rings (SSSR count). The molecule has 13 heteroatoms. The topological polar surface area (TPSA) is 132 Å². The fourth-order valence-corrected chi connectivity index (χ4v) is 5.57. The fourth-order valence-electron chi connectivity index (χ4n) is 5.57. The molecule has 2 aliphatic rings. The molecule has 2 saturated heterocycles. The van der Waals surface area contributed by atoms with Crippen LogP contribution in [-0.2, 0) is 34.1 Å². The van der Waals surface area contributed by atoms with E-state index in [1.807, 2.05) is 0 Å². The van der Waals surface area contributed by atoms with Crippen LogP contribution >= 0.6 is 0 Å². The van der Waals surface area contributed by atoms with Crippen molar-refractivity contribution in [3.63, 3.8) is 0 Å². The molecule has 4 atom stereocenters. The van der Waals surface area contributed by atoms with Crippen LogP contribution in [0.5, 0.6) is 0 Å². The minimum atomic E-state index is -0.661. The van der Waals surface area contributed by atoms with Crippen molar-refractivity contribution in [1.29, 1.82) is 0 Å². The summed E-state index contributed by atoms with van der Waals surface area (Å²) in [6.07, 6.45) is -3.19. The third kappa shape index (κ3) is 18.3. The zero-order chi connectivity index (χ0) is 28.1. The van der Waals surface area contributed by atoms with Gasteiger partial charge in [-0.1, -0.05) is 27.7 Å². The number of hydrogen-bond acceptors (Lipinski definition) is 11. The van der Waals surface area contributed by atoms with E-state index < -0.39 is 30.5 Å². The van der Waals surface area contributed by atoms with Gasteiger partial charge in [0.1, 0.15) is 0 Å². The first-order valence-electron chi connectivity index (χ1n) is 14.7. The summed E-state index contributed by atoms with van der Waals surface area (Å²) in [7, 11) is 0. The number of nitrogens with zero attached hydrogens (tertiary/aromatic N) is 6. The van der Waals surface area contributed by atoms with E-state index >= 15 is 0 Å². The first kappa shape index (κ1) is 40.6. The van der Waals surface area contributed by atoms with Gasteiger partial charge < -0.3 is 45.1 Å². The molecule has 0 aliphatic carbocycles. The number of β-amino-alcohol motifs (C(OH)–C–C–N with tert-alkyl or cyclic N) is 1. The molecule has 2 fully saturated rings. The third-order valence-electron chi connectivity index (χ3n) is 7.39. The minimum Gasteiger partial charge on any atom is -0.851 e. The second-order valence-corrected chi connectivity index (χ2v) is 11.7. The van der Waals surface area contributed by atoms with Gasteiger partial charge in [-0.25, -0.2) is 0 Å². The largest absolute Gasteiger partial charge is 6.00 e. The summed E-state index contributed by atoms with van der Waals surface area (Å²) >= 11 is 0. The molecule has 0 aromatic carbocycles. The average Bonchev–Trinajstić information content (AvgIpc) is 2.94. The van der Waals surface area contributed by atoms with E-state index in [1.165, 1.54) is 0 Å². The summed E-state index contributed by atoms with van der Waals surface area (Å²) in [5.74, 6) is 0. The molecule has 0 aromatic rings. The van der Waals surface area contributed by atoms with Gasteiger partial charge in [0, 0.05) is 91.6 Å². The van der Waals surface area contributed by atoms with Crippen molar-refractivity contribution in [2.45, 2.75) is 58.2 Å². The summed E-state index contributed by atoms with van der Waals surface area (Å²) in [4.78, 5) is 13.3. The molecule has 40 heavy (non-hydrogen) atoms. The van der Waals surface area contributed by atoms with Gasteiger partial charge >= 0.3 is 34.1 Å². The Labute approximate surface area is 264 Å². The molecular weight excluding hydrogens is 600 g/mol. The van der Waals surface area contributed by atoms with Crippen LogP contribution in [0.1, 0.15) is 27.7 Å². The monoisotopic (exact) mass is 654 g/mol. The maximum atomic E-state index is 11.9. The van der Waals surface area contributed by atoms with Crippen LogP contribution in [0.25, 0.3) is 0 Å². The summed E-state index contributed by atoms with van der Waals surface area (Å²) < 4.78 is 0. The maximum absolute atomic E-state index is 11.9. The Morgan fingerprint density at radius 2 is 0.575 bits per heavy atom. The zero-order valence-corrected chi connectivity index (χ0v) is 27.3. The average molecular weight is 654 g/mol. The molecule has 0 bridgehead atoms. The molecule has 231 valence electrons. The van der Waals surface area contributed by atoms with Crippen LogP contribution in [0, 0.1) is 0 Å². The number of rotatable bonds is 12. The maximum Gasteiger partial charge on any atom is 6.00 e. The molecule has 2 aliphatic heterocycles. The van der Waals surface area contributed by atoms with E-state index in [2.05, 4.69) is 29.4 Å². The third-order valence-corrected chi connectivity index (χ3v) is 7.39. The van der Waals surface area contributed by atoms with E-state index in [0.717, 1.165) is 78.5 Å². The van der Waals surface area contributed by atoms with Crippen LogP contribution in [0.4, 0.5) is 0 Å². The Kier molecular flexibility index (Phi) is 22.5. The molecule has 2 heterocycles. The quantitative estimate of drug-likeness (QED) is 0.204. The van der Waals surface area contributed by atoms with Gasteiger partial charge in [0.05, 0.1) is 6.10 Å². The number of hydrogen-bond donors (Lipinski definition) is 1. The molecule has 0 aromatic heterocycles. The van der Waals surface area contributed by atoms with Crippen molar-refractivity contribution in [1.82, 2.24) is 29.4 Å². The first-order chi connectivity index (χ1) is 18.0. The predicted octanol–water partition coefficient (Wildman–Crippen LogP) is -4.82. The Morgan fingerprint density at radius 3 is 0.725 bits per heavy atom. The number of aliphatic hydroxyl groups is 1. The van der Waals surface area contributed by atoms with Gasteiger partial charge in [-0.2, -0.15) is 0 Å². The van der Waals surface area contributed by atoms with E-state index in [1.54, 1.807) is 27.7 Å². The standard InChI is InChI=1S/C27H54N6O5.2Fe/c1-23(34)17-28-5-6-29(18-24(2)35)10-14-32(13-9-28)21-27(38)22-33-15-11-30(19-25(3)36)7-8-31(12-16-33)20-26(4)37;;/h23-27,38H,5-22H2,1-4H3;;/q-4;+5;+6/t23-,24-,25-,26-;;/m0../s1. The Morgan fingerprint density at radius 1 is 0.425 bits per heavy atom. The van der Waals surface area contributed by atoms with Crippen molar-refractivity contribution in [3.05, 3.63) is 0 Å². The minimum absolute atomic E-state index is 0. The summed E-state index contributed by atoms with van der Waals surface area (Å²) in [6.45, 7) is 19.1. The molecule has 0 saturated carbocycles. The Bertz CT molecular complexity index is 532. The molecule has 0 amide bonds. The van der Waals surface area contributed by atoms with Gasteiger partial charge in [-0.15, -0.1) is 24.4 Å². The van der Waals surface area contributed by atoms with Crippen LogP contribution in [0.15, 0.2) is 0 Å². The summed E-state index contributed by atoms with van der Waals surface area (Å²) in [5, 5.41) is 58.5. The molecule has 1 N–H and O–H groups in total. The van der Waals surface area contributed by atoms with Crippen LogP contribution in [-0.4, -0.2) is 183 Å². The van der Waals surface area contributed by atoms with Crippen LogP contribution < -0.4 is 20.4 Å². The molecular formula is C27H54Fe2N6O5+7. The second kappa shape index (κ2) is 22.2. The number of aliphatic hydroxyl groups excluding tert-OH is 1. The molecule has 1 radical (unpaired) electrons. The SMILES string of the molecule is C[C@H]([O-])CN1CCN(CC(O)CN2CCN(C[C@H](C)[O-])CCN(C[C@H](C)[O-])CC2)CCN(C[C@H](C)[O-])CC1.[Fe+5].[Fe+6]. The van der Waals surface area contributed by atoms with Crippen molar-refractivity contribution in [3.8, 4) is 0 Å². The normalized spacial score (nSPS) is 23.9. The van der Waals surface area contributed by atoms with Gasteiger partial charge in [-0.3, -0.25) is 9.80 Å². The van der Waals surface area contributed by atoms with Crippen LogP contribution in [0.2, 0.25) is 0 Å². The van der Waals surface area contributed by atoms with Crippen molar-refractivity contribution < 1.29 is 59.7 Å². The first-order valence-corrected chi connectivity index (χ1v) is 14.7. The Balaban J connectivity index is 0.00000760. The second-order valence-electron chi connectivity index (χ2n) is 11.7. The predicted molar refractivity (Wildman–Crippen MR) is 142 cm³/mol. The van der Waals surface area contributed by atoms with Gasteiger partial charge in [0.25, 0.3) is 0 Å². The van der Waals surface area contributed by atoms with E-state index in [9.17, 15) is 25.5 Å². The van der Waals surface area contributed by atoms with Gasteiger partial charge in [0.15, 0.2) is 0 Å². The van der Waals surface area contributed by atoms with Gasteiger partial charge in [-0.05, 0) is 26.2 Å². The summed E-state index contributed by atoms with van der Waals surface area (Å²) in [6, 6.07) is 0.